The van der Waals surface area contributed by atoms with Gasteiger partial charge in [0.2, 0.25) is 6.10 Å². The van der Waals surface area contributed by atoms with Gasteiger partial charge < -0.3 is 9.47 Å². The molecule has 1 aliphatic heterocycles. The van der Waals surface area contributed by atoms with Crippen molar-refractivity contribution < 1.29 is 19.1 Å². The molecular formula is C16H15NO4S. The van der Waals surface area contributed by atoms with Crippen LogP contribution in [0.1, 0.15) is 28.7 Å². The summed E-state index contributed by atoms with van der Waals surface area (Å²) in [5, 5.41) is 0.757. The van der Waals surface area contributed by atoms with E-state index in [0.29, 0.717) is 17.0 Å². The molecular weight excluding hydrogens is 302 g/mol. The van der Waals surface area contributed by atoms with Crippen molar-refractivity contribution in [1.82, 2.24) is 4.98 Å². The summed E-state index contributed by atoms with van der Waals surface area (Å²) >= 11 is 1.27. The van der Waals surface area contributed by atoms with Crippen molar-refractivity contribution in [3.8, 4) is 10.6 Å². The maximum atomic E-state index is 12.3. The number of aromatic nitrogens is 1. The van der Waals surface area contributed by atoms with E-state index < -0.39 is 18.0 Å². The molecule has 22 heavy (non-hydrogen) atoms. The zero-order valence-corrected chi connectivity index (χ0v) is 13.1. The molecule has 0 aliphatic carbocycles. The lowest BCUT2D eigenvalue weighted by atomic mass is 10.2. The predicted molar refractivity (Wildman–Crippen MR) is 81.7 cm³/mol. The van der Waals surface area contributed by atoms with Crippen molar-refractivity contribution in [3.05, 3.63) is 40.9 Å². The standard InChI is InChI=1S/C16H15NO4S/c1-9-8-12(15(18)20-9)21-16(19)13-10(2)17-14(22-13)11-6-4-3-5-7-11/h3-7,9,12H,8H2,1-2H3/t9-,12+/m1/s1. The minimum Gasteiger partial charge on any atom is -0.460 e. The molecule has 1 aromatic heterocycles. The summed E-state index contributed by atoms with van der Waals surface area (Å²) in [6.45, 7) is 3.53. The largest absolute Gasteiger partial charge is 0.460 e. The fraction of sp³-hybridized carbons (Fsp3) is 0.312. The van der Waals surface area contributed by atoms with E-state index in [1.54, 1.807) is 13.8 Å². The Morgan fingerprint density at radius 3 is 2.73 bits per heavy atom. The summed E-state index contributed by atoms with van der Waals surface area (Å²) in [5.74, 6) is -1.00. The molecule has 1 aliphatic rings. The molecule has 2 aromatic rings. The second-order valence-electron chi connectivity index (χ2n) is 5.18. The monoisotopic (exact) mass is 317 g/mol. The molecule has 1 aromatic carbocycles. The number of hydrogen-bond acceptors (Lipinski definition) is 6. The number of rotatable bonds is 3. The van der Waals surface area contributed by atoms with Gasteiger partial charge in [-0.05, 0) is 13.8 Å². The minimum atomic E-state index is -0.816. The lowest BCUT2D eigenvalue weighted by Gasteiger charge is -2.06. The number of carbonyl (C=O) groups is 2. The first-order valence-electron chi connectivity index (χ1n) is 6.99. The lowest BCUT2D eigenvalue weighted by molar-refractivity contribution is -0.147. The normalized spacial score (nSPS) is 20.7. The van der Waals surface area contributed by atoms with Crippen LogP contribution in [-0.2, 0) is 14.3 Å². The summed E-state index contributed by atoms with van der Waals surface area (Å²) in [7, 11) is 0. The molecule has 5 nitrogen and oxygen atoms in total. The zero-order valence-electron chi connectivity index (χ0n) is 12.2. The van der Waals surface area contributed by atoms with Crippen molar-refractivity contribution in [1.29, 1.82) is 0 Å². The van der Waals surface area contributed by atoms with Gasteiger partial charge in [0.05, 0.1) is 5.69 Å². The Morgan fingerprint density at radius 1 is 1.36 bits per heavy atom. The van der Waals surface area contributed by atoms with Crippen LogP contribution in [0.4, 0.5) is 0 Å². The number of benzene rings is 1. The molecule has 0 radical (unpaired) electrons. The Balaban J connectivity index is 1.79. The van der Waals surface area contributed by atoms with Gasteiger partial charge >= 0.3 is 11.9 Å². The van der Waals surface area contributed by atoms with E-state index >= 15 is 0 Å². The first kappa shape index (κ1) is 14.7. The highest BCUT2D eigenvalue weighted by Crippen LogP contribution is 2.29. The summed E-state index contributed by atoms with van der Waals surface area (Å²) in [6.07, 6.45) is -0.634. The summed E-state index contributed by atoms with van der Waals surface area (Å²) in [4.78, 5) is 28.6. The van der Waals surface area contributed by atoms with E-state index in [1.165, 1.54) is 11.3 Å². The van der Waals surface area contributed by atoms with Crippen molar-refractivity contribution in [3.63, 3.8) is 0 Å². The number of nitrogens with zero attached hydrogens (tertiary/aromatic N) is 1. The molecule has 2 heterocycles. The van der Waals surface area contributed by atoms with E-state index in [4.69, 9.17) is 9.47 Å². The molecule has 0 bridgehead atoms. The molecule has 6 heteroatoms. The van der Waals surface area contributed by atoms with Gasteiger partial charge in [-0.2, -0.15) is 0 Å². The van der Waals surface area contributed by atoms with Gasteiger partial charge in [-0.3, -0.25) is 0 Å². The van der Waals surface area contributed by atoms with Crippen LogP contribution in [0.2, 0.25) is 0 Å². The van der Waals surface area contributed by atoms with Gasteiger partial charge in [-0.25, -0.2) is 14.6 Å². The number of aryl methyl sites for hydroxylation is 1. The smallest absolute Gasteiger partial charge is 0.351 e. The average Bonchev–Trinajstić information content (AvgIpc) is 3.03. The molecule has 114 valence electrons. The number of cyclic esters (lactones) is 1. The molecule has 0 spiro atoms. The highest BCUT2D eigenvalue weighted by molar-refractivity contribution is 7.17. The number of thiazole rings is 1. The quantitative estimate of drug-likeness (QED) is 0.814. The zero-order chi connectivity index (χ0) is 15.7. The molecule has 0 N–H and O–H groups in total. The molecule has 0 unspecified atom stereocenters. The van der Waals surface area contributed by atoms with Crippen LogP contribution < -0.4 is 0 Å². The van der Waals surface area contributed by atoms with Gasteiger partial charge in [-0.15, -0.1) is 11.3 Å². The topological polar surface area (TPSA) is 65.5 Å². The van der Waals surface area contributed by atoms with E-state index in [0.717, 1.165) is 10.6 Å². The van der Waals surface area contributed by atoms with Crippen LogP contribution in [0.15, 0.2) is 30.3 Å². The molecule has 3 rings (SSSR count). The molecule has 2 atom stereocenters. The third kappa shape index (κ3) is 2.87. The average molecular weight is 317 g/mol. The Bertz CT molecular complexity index is 710. The van der Waals surface area contributed by atoms with E-state index in [9.17, 15) is 9.59 Å². The van der Waals surface area contributed by atoms with Crippen molar-refractivity contribution >= 4 is 23.3 Å². The third-order valence-corrected chi connectivity index (χ3v) is 4.56. The predicted octanol–water partition coefficient (Wildman–Crippen LogP) is 2.98. The number of esters is 2. The maximum absolute atomic E-state index is 12.3. The van der Waals surface area contributed by atoms with Gasteiger partial charge in [-0.1, -0.05) is 30.3 Å². The van der Waals surface area contributed by atoms with E-state index in [-0.39, 0.29) is 6.10 Å². The highest BCUT2D eigenvalue weighted by Gasteiger charge is 2.36. The Labute approximate surface area is 131 Å². The van der Waals surface area contributed by atoms with Gasteiger partial charge in [0, 0.05) is 12.0 Å². The van der Waals surface area contributed by atoms with Gasteiger partial charge in [0.25, 0.3) is 0 Å². The Morgan fingerprint density at radius 2 is 2.09 bits per heavy atom. The van der Waals surface area contributed by atoms with Crippen LogP contribution in [0.3, 0.4) is 0 Å². The third-order valence-electron chi connectivity index (χ3n) is 3.38. The lowest BCUT2D eigenvalue weighted by Crippen LogP contribution is -2.22. The molecule has 0 saturated carbocycles. The molecule has 1 saturated heterocycles. The second-order valence-corrected chi connectivity index (χ2v) is 6.18. The van der Waals surface area contributed by atoms with Crippen LogP contribution in [0, 0.1) is 6.92 Å². The molecule has 1 fully saturated rings. The van der Waals surface area contributed by atoms with Gasteiger partial charge in [0.15, 0.2) is 0 Å². The Kier molecular flexibility index (Phi) is 3.94. The van der Waals surface area contributed by atoms with Crippen molar-refractivity contribution in [2.24, 2.45) is 0 Å². The minimum absolute atomic E-state index is 0.215. The summed E-state index contributed by atoms with van der Waals surface area (Å²) in [6, 6.07) is 9.62. The molecule has 0 amide bonds. The second kappa shape index (κ2) is 5.88. The van der Waals surface area contributed by atoms with Crippen LogP contribution >= 0.6 is 11.3 Å². The van der Waals surface area contributed by atoms with Crippen molar-refractivity contribution in [2.75, 3.05) is 0 Å². The first-order valence-corrected chi connectivity index (χ1v) is 7.80. The maximum Gasteiger partial charge on any atom is 0.351 e. The van der Waals surface area contributed by atoms with Gasteiger partial charge in [0.1, 0.15) is 16.0 Å². The van der Waals surface area contributed by atoms with Crippen LogP contribution in [0.25, 0.3) is 10.6 Å². The Hall–Kier alpha value is -2.21. The van der Waals surface area contributed by atoms with Crippen LogP contribution in [-0.4, -0.2) is 29.1 Å². The highest BCUT2D eigenvalue weighted by atomic mass is 32.1. The van der Waals surface area contributed by atoms with Crippen molar-refractivity contribution in [2.45, 2.75) is 32.5 Å². The number of ether oxygens (including phenoxy) is 2. The fourth-order valence-electron chi connectivity index (χ4n) is 2.29. The van der Waals surface area contributed by atoms with E-state index in [1.807, 2.05) is 30.3 Å². The summed E-state index contributed by atoms with van der Waals surface area (Å²) < 4.78 is 10.3. The van der Waals surface area contributed by atoms with E-state index in [2.05, 4.69) is 4.98 Å². The van der Waals surface area contributed by atoms with Crippen LogP contribution in [0.5, 0.6) is 0 Å². The number of carbonyl (C=O) groups excluding carboxylic acids is 2. The fourth-order valence-corrected chi connectivity index (χ4v) is 3.24. The SMILES string of the molecule is Cc1nc(-c2ccccc2)sc1C(=O)O[C@H]1C[C@@H](C)OC1=O. The number of hydrogen-bond donors (Lipinski definition) is 0. The summed E-state index contributed by atoms with van der Waals surface area (Å²) in [5.41, 5.74) is 1.55. The first-order chi connectivity index (χ1) is 10.5.